The van der Waals surface area contributed by atoms with E-state index in [2.05, 4.69) is 11.4 Å². The first-order chi connectivity index (χ1) is 16.5. The van der Waals surface area contributed by atoms with Crippen LogP contribution in [-0.4, -0.2) is 53.7 Å². The van der Waals surface area contributed by atoms with E-state index in [9.17, 15) is 19.6 Å². The smallest absolute Gasteiger partial charge is 0.407 e. The monoisotopic (exact) mass is 461 g/mol. The summed E-state index contributed by atoms with van der Waals surface area (Å²) in [5, 5.41) is 20.9. The van der Waals surface area contributed by atoms with Gasteiger partial charge in [-0.3, -0.25) is 9.59 Å². The number of carboxylic acid groups (broad SMARTS) is 1. The average molecular weight is 462 g/mol. The van der Waals surface area contributed by atoms with Crippen LogP contribution in [0, 0.1) is 17.2 Å². The molecule has 2 aliphatic rings. The van der Waals surface area contributed by atoms with Gasteiger partial charge in [-0.05, 0) is 41.5 Å². The Kier molecular flexibility index (Phi) is 7.12. The van der Waals surface area contributed by atoms with Crippen molar-refractivity contribution in [2.24, 2.45) is 5.92 Å². The number of carbonyl (C=O) groups is 3. The number of carbonyl (C=O) groups excluding carboxylic acids is 2. The highest BCUT2D eigenvalue weighted by Crippen LogP contribution is 2.44. The van der Waals surface area contributed by atoms with E-state index in [0.29, 0.717) is 13.0 Å². The number of benzene rings is 2. The highest BCUT2D eigenvalue weighted by atomic mass is 16.5. The third kappa shape index (κ3) is 5.04. The van der Waals surface area contributed by atoms with Gasteiger partial charge in [0.25, 0.3) is 0 Å². The summed E-state index contributed by atoms with van der Waals surface area (Å²) in [6, 6.07) is 17.1. The summed E-state index contributed by atoms with van der Waals surface area (Å²) in [5.41, 5.74) is 4.37. The minimum absolute atomic E-state index is 0.0495. The summed E-state index contributed by atoms with van der Waals surface area (Å²) >= 11 is 0. The Morgan fingerprint density at radius 1 is 1.12 bits per heavy atom. The van der Waals surface area contributed by atoms with Gasteiger partial charge in [-0.1, -0.05) is 48.5 Å². The molecule has 2 aromatic carbocycles. The molecule has 2 aromatic rings. The number of carboxylic acids is 1. The molecule has 1 heterocycles. The summed E-state index contributed by atoms with van der Waals surface area (Å²) in [5.74, 6) is -1.81. The van der Waals surface area contributed by atoms with Crippen molar-refractivity contribution >= 4 is 18.0 Å². The summed E-state index contributed by atoms with van der Waals surface area (Å²) in [4.78, 5) is 38.4. The van der Waals surface area contributed by atoms with Crippen molar-refractivity contribution in [2.75, 3.05) is 19.7 Å². The standard InChI is InChI=1S/C26H27N3O5/c27-14-17-6-5-13-29(15-17)25(32)23(11-12-24(30)31)28-26(33)34-16-22-20-9-3-1-7-18(20)19-8-2-4-10-21(19)22/h1-4,7-10,17,22-23H,5-6,11-13,15-16H2,(H,28,33)(H,30,31). The Bertz CT molecular complexity index is 1080. The van der Waals surface area contributed by atoms with Gasteiger partial charge in [-0.15, -0.1) is 0 Å². The number of rotatable bonds is 7. The Morgan fingerprint density at radius 2 is 1.76 bits per heavy atom. The number of nitrogens with zero attached hydrogens (tertiary/aromatic N) is 2. The number of nitriles is 1. The van der Waals surface area contributed by atoms with Gasteiger partial charge in [0.05, 0.1) is 12.0 Å². The van der Waals surface area contributed by atoms with E-state index in [1.165, 1.54) is 4.90 Å². The van der Waals surface area contributed by atoms with Gasteiger partial charge >= 0.3 is 12.1 Å². The number of alkyl carbamates (subject to hydrolysis) is 1. The van der Waals surface area contributed by atoms with Crippen LogP contribution in [-0.2, 0) is 14.3 Å². The summed E-state index contributed by atoms with van der Waals surface area (Å²) in [6.45, 7) is 0.859. The SMILES string of the molecule is N#CC1CCCN(C(=O)C(CCC(=O)O)NC(=O)OCC2c3ccccc3-c3ccccc32)C1. The highest BCUT2D eigenvalue weighted by molar-refractivity contribution is 5.86. The van der Waals surface area contributed by atoms with Gasteiger partial charge in [0, 0.05) is 25.4 Å². The van der Waals surface area contributed by atoms with Gasteiger partial charge in [0.2, 0.25) is 5.91 Å². The number of ether oxygens (including phenoxy) is 1. The Hall–Kier alpha value is -3.86. The fourth-order valence-corrected chi connectivity index (χ4v) is 4.81. The van der Waals surface area contributed by atoms with Crippen molar-refractivity contribution in [3.05, 3.63) is 59.7 Å². The van der Waals surface area contributed by atoms with Crippen molar-refractivity contribution in [2.45, 2.75) is 37.6 Å². The van der Waals surface area contributed by atoms with Gasteiger partial charge in [-0.25, -0.2) is 4.79 Å². The van der Waals surface area contributed by atoms with Crippen molar-refractivity contribution < 1.29 is 24.2 Å². The lowest BCUT2D eigenvalue weighted by atomic mass is 9.98. The molecular weight excluding hydrogens is 434 g/mol. The molecule has 0 bridgehead atoms. The highest BCUT2D eigenvalue weighted by Gasteiger charge is 2.32. The molecule has 0 aromatic heterocycles. The fourth-order valence-electron chi connectivity index (χ4n) is 4.81. The van der Waals surface area contributed by atoms with Crippen LogP contribution in [0.25, 0.3) is 11.1 Å². The number of fused-ring (bicyclic) bond motifs is 3. The number of nitrogens with one attached hydrogen (secondary N) is 1. The van der Waals surface area contributed by atoms with E-state index in [1.807, 2.05) is 48.5 Å². The number of piperidine rings is 1. The zero-order chi connectivity index (χ0) is 24.1. The first-order valence-corrected chi connectivity index (χ1v) is 11.5. The minimum atomic E-state index is -1.05. The molecule has 34 heavy (non-hydrogen) atoms. The molecule has 1 aliphatic heterocycles. The Morgan fingerprint density at radius 3 is 2.38 bits per heavy atom. The molecule has 0 saturated carbocycles. The summed E-state index contributed by atoms with van der Waals surface area (Å²) < 4.78 is 5.54. The minimum Gasteiger partial charge on any atom is -0.481 e. The molecular formula is C26H27N3O5. The summed E-state index contributed by atoms with van der Waals surface area (Å²) in [6.07, 6.45) is 0.335. The average Bonchev–Trinajstić information content (AvgIpc) is 3.18. The van der Waals surface area contributed by atoms with E-state index in [-0.39, 0.29) is 43.7 Å². The maximum atomic E-state index is 13.0. The molecule has 176 valence electrons. The van der Waals surface area contributed by atoms with Crippen LogP contribution < -0.4 is 5.32 Å². The van der Waals surface area contributed by atoms with E-state index >= 15 is 0 Å². The maximum Gasteiger partial charge on any atom is 0.407 e. The molecule has 2 atom stereocenters. The normalized spacial score (nSPS) is 17.7. The van der Waals surface area contributed by atoms with Gasteiger partial charge in [-0.2, -0.15) is 5.26 Å². The van der Waals surface area contributed by atoms with Gasteiger partial charge in [0.1, 0.15) is 12.6 Å². The number of hydrogen-bond acceptors (Lipinski definition) is 5. The lowest BCUT2D eigenvalue weighted by molar-refractivity contribution is -0.138. The molecule has 2 unspecified atom stereocenters. The molecule has 1 aliphatic carbocycles. The quantitative estimate of drug-likeness (QED) is 0.651. The zero-order valence-electron chi connectivity index (χ0n) is 18.8. The zero-order valence-corrected chi connectivity index (χ0v) is 18.8. The first-order valence-electron chi connectivity index (χ1n) is 11.5. The van der Waals surface area contributed by atoms with Crippen molar-refractivity contribution in [1.29, 1.82) is 5.26 Å². The van der Waals surface area contributed by atoms with Crippen LogP contribution in [0.5, 0.6) is 0 Å². The molecule has 0 spiro atoms. The largest absolute Gasteiger partial charge is 0.481 e. The van der Waals surface area contributed by atoms with Crippen molar-refractivity contribution in [3.8, 4) is 17.2 Å². The van der Waals surface area contributed by atoms with Gasteiger partial charge in [0.15, 0.2) is 0 Å². The van der Waals surface area contributed by atoms with E-state index in [0.717, 1.165) is 28.7 Å². The second-order valence-corrected chi connectivity index (χ2v) is 8.71. The molecule has 4 rings (SSSR count). The molecule has 0 radical (unpaired) electrons. The maximum absolute atomic E-state index is 13.0. The predicted octanol–water partition coefficient (Wildman–Crippen LogP) is 3.52. The molecule has 1 saturated heterocycles. The Labute approximate surface area is 198 Å². The van der Waals surface area contributed by atoms with E-state index in [4.69, 9.17) is 9.84 Å². The van der Waals surface area contributed by atoms with Gasteiger partial charge < -0.3 is 20.1 Å². The molecule has 8 nitrogen and oxygen atoms in total. The third-order valence-electron chi connectivity index (χ3n) is 6.50. The van der Waals surface area contributed by atoms with Crippen LogP contribution in [0.1, 0.15) is 42.7 Å². The van der Waals surface area contributed by atoms with Crippen molar-refractivity contribution in [1.82, 2.24) is 10.2 Å². The number of likely N-dealkylation sites (tertiary alicyclic amines) is 1. The third-order valence-corrected chi connectivity index (χ3v) is 6.50. The molecule has 2 N–H and O–H groups in total. The van der Waals surface area contributed by atoms with E-state index in [1.54, 1.807) is 0 Å². The number of aliphatic carboxylic acids is 1. The lowest BCUT2D eigenvalue weighted by Gasteiger charge is -2.32. The number of hydrogen-bond donors (Lipinski definition) is 2. The van der Waals surface area contributed by atoms with Crippen molar-refractivity contribution in [3.63, 3.8) is 0 Å². The van der Waals surface area contributed by atoms with Crippen LogP contribution in [0.15, 0.2) is 48.5 Å². The van der Waals surface area contributed by atoms with E-state index < -0.39 is 18.1 Å². The molecule has 8 heteroatoms. The topological polar surface area (TPSA) is 120 Å². The van der Waals surface area contributed by atoms with Crippen LogP contribution in [0.3, 0.4) is 0 Å². The molecule has 1 fully saturated rings. The lowest BCUT2D eigenvalue weighted by Crippen LogP contribution is -2.51. The second kappa shape index (κ2) is 10.4. The second-order valence-electron chi connectivity index (χ2n) is 8.71. The van der Waals surface area contributed by atoms with Crippen LogP contribution >= 0.6 is 0 Å². The molecule has 2 amide bonds. The first kappa shape index (κ1) is 23.3. The summed E-state index contributed by atoms with van der Waals surface area (Å²) in [7, 11) is 0. The predicted molar refractivity (Wildman–Crippen MR) is 124 cm³/mol. The Balaban J connectivity index is 1.42. The fraction of sp³-hybridized carbons (Fsp3) is 0.385. The number of amides is 2. The van der Waals surface area contributed by atoms with Crippen LogP contribution in [0.2, 0.25) is 0 Å². The van der Waals surface area contributed by atoms with Crippen LogP contribution in [0.4, 0.5) is 4.79 Å².